The molecule has 314 valence electrons. The molecular formula is C40H64N6O9S. The van der Waals surface area contributed by atoms with E-state index in [2.05, 4.69) is 15.6 Å². The monoisotopic (exact) mass is 804 g/mol. The van der Waals surface area contributed by atoms with Crippen LogP contribution in [0.5, 0.6) is 0 Å². The third-order valence-corrected chi connectivity index (χ3v) is 9.93. The van der Waals surface area contributed by atoms with E-state index in [0.717, 1.165) is 21.7 Å². The number of aliphatic hydroxyl groups excluding tert-OH is 1. The van der Waals surface area contributed by atoms with Crippen molar-refractivity contribution in [3.63, 3.8) is 0 Å². The molecule has 16 heteroatoms. The normalized spacial score (nSPS) is 16.4. The second-order valence-electron chi connectivity index (χ2n) is 16.0. The van der Waals surface area contributed by atoms with Crippen LogP contribution in [-0.2, 0) is 39.9 Å². The maximum Gasteiger partial charge on any atom is 0.410 e. The summed E-state index contributed by atoms with van der Waals surface area (Å²) in [6.45, 7) is 16.7. The predicted octanol–water partition coefficient (Wildman–Crippen LogP) is 3.64. The highest BCUT2D eigenvalue weighted by Crippen LogP contribution is 2.28. The van der Waals surface area contributed by atoms with E-state index in [4.69, 9.17) is 24.7 Å². The average molecular weight is 805 g/mol. The number of amides is 4. The van der Waals surface area contributed by atoms with Gasteiger partial charge in [-0.15, -0.1) is 11.3 Å². The number of carbonyl (C=O) groups excluding carboxylic acids is 4. The number of rotatable bonds is 22. The van der Waals surface area contributed by atoms with E-state index in [1.165, 1.54) is 4.90 Å². The van der Waals surface area contributed by atoms with Gasteiger partial charge in [0.1, 0.15) is 17.7 Å². The molecule has 2 aromatic rings. The minimum absolute atomic E-state index is 0.0102. The summed E-state index contributed by atoms with van der Waals surface area (Å²) in [5, 5.41) is 16.4. The molecule has 1 aliphatic rings. The van der Waals surface area contributed by atoms with Crippen LogP contribution in [0, 0.1) is 12.3 Å². The Hall–Kier alpha value is -3.67. The van der Waals surface area contributed by atoms with Crippen molar-refractivity contribution >= 4 is 35.2 Å². The Morgan fingerprint density at radius 3 is 2.20 bits per heavy atom. The van der Waals surface area contributed by atoms with Crippen LogP contribution in [0.1, 0.15) is 78.5 Å². The largest absolute Gasteiger partial charge is 0.444 e. The quantitative estimate of drug-likeness (QED) is 0.127. The summed E-state index contributed by atoms with van der Waals surface area (Å²) in [6, 6.07) is 6.05. The molecule has 15 nitrogen and oxygen atoms in total. The third kappa shape index (κ3) is 16.1. The second-order valence-corrected chi connectivity index (χ2v) is 16.8. The first-order valence-electron chi connectivity index (χ1n) is 19.5. The summed E-state index contributed by atoms with van der Waals surface area (Å²) in [4.78, 5) is 62.0. The molecule has 3 unspecified atom stereocenters. The Kier molecular flexibility index (Phi) is 19.1. The van der Waals surface area contributed by atoms with E-state index in [1.54, 1.807) is 37.0 Å². The number of β-amino-alcohol motifs (C(OH)–C–C–N with tert-alkyl or cyclic N) is 1. The molecule has 0 aliphatic carbocycles. The smallest absolute Gasteiger partial charge is 0.410 e. The van der Waals surface area contributed by atoms with Crippen LogP contribution in [0.2, 0.25) is 0 Å². The molecule has 0 spiro atoms. The van der Waals surface area contributed by atoms with Gasteiger partial charge in [-0.25, -0.2) is 9.78 Å². The van der Waals surface area contributed by atoms with Crippen LogP contribution in [0.3, 0.4) is 0 Å². The summed E-state index contributed by atoms with van der Waals surface area (Å²) in [7, 11) is 0. The molecule has 1 aromatic carbocycles. The number of aryl methyl sites for hydroxylation is 1. The number of carbonyl (C=O) groups is 4. The van der Waals surface area contributed by atoms with Gasteiger partial charge in [-0.2, -0.15) is 0 Å². The summed E-state index contributed by atoms with van der Waals surface area (Å²) in [5.41, 5.74) is 8.75. The SMILES string of the molecule is Cc1ncsc1-c1ccc(CNC(=O)C2CC(O)CN2C(=O)C(NC(=O)CCCCN(CCOCCOCCOCCN)C(=O)OC(C)(C)C)C(C)(C)C)cc1. The molecule has 1 saturated heterocycles. The molecule has 3 rings (SSSR count). The van der Waals surface area contributed by atoms with Crippen LogP contribution in [0.15, 0.2) is 29.8 Å². The minimum atomic E-state index is -0.934. The maximum absolute atomic E-state index is 14.0. The number of thiazole rings is 1. The van der Waals surface area contributed by atoms with Crippen molar-refractivity contribution in [2.45, 2.75) is 104 Å². The number of likely N-dealkylation sites (tertiary alicyclic amines) is 1. The van der Waals surface area contributed by atoms with Gasteiger partial charge in [0.2, 0.25) is 17.7 Å². The molecule has 1 aromatic heterocycles. The highest BCUT2D eigenvalue weighted by atomic mass is 32.1. The lowest BCUT2D eigenvalue weighted by Gasteiger charge is -2.35. The van der Waals surface area contributed by atoms with Crippen molar-refractivity contribution in [3.05, 3.63) is 41.0 Å². The van der Waals surface area contributed by atoms with Crippen LogP contribution >= 0.6 is 11.3 Å². The van der Waals surface area contributed by atoms with Gasteiger partial charge in [-0.05, 0) is 57.1 Å². The highest BCUT2D eigenvalue weighted by Gasteiger charge is 2.44. The molecule has 0 radical (unpaired) electrons. The number of ether oxygens (including phenoxy) is 4. The van der Waals surface area contributed by atoms with Crippen molar-refractivity contribution in [1.82, 2.24) is 25.4 Å². The molecule has 56 heavy (non-hydrogen) atoms. The fourth-order valence-electron chi connectivity index (χ4n) is 6.02. The van der Waals surface area contributed by atoms with Gasteiger partial charge in [0.15, 0.2) is 0 Å². The zero-order valence-corrected chi connectivity index (χ0v) is 35.1. The molecule has 0 saturated carbocycles. The molecule has 0 bridgehead atoms. The van der Waals surface area contributed by atoms with E-state index in [1.807, 2.05) is 57.5 Å². The number of hydrogen-bond donors (Lipinski definition) is 4. The standard InChI is InChI=1S/C40H64N6O9S/c1-28-34(56-27-43-28)30-13-11-29(12-14-30)25-42-36(49)32-24-31(47)26-46(32)37(50)35(39(2,3)4)44-33(48)10-8-9-16-45(38(51)55-40(5,6)7)17-19-53-21-23-54-22-20-52-18-15-41/h11-14,27,31-32,35,47H,8-10,15-26,41H2,1-7H3,(H,42,49)(H,44,48). The van der Waals surface area contributed by atoms with E-state index in [-0.39, 0.29) is 44.4 Å². The van der Waals surface area contributed by atoms with Gasteiger partial charge in [0.25, 0.3) is 0 Å². The molecule has 1 aliphatic heterocycles. The van der Waals surface area contributed by atoms with Crippen LogP contribution < -0.4 is 16.4 Å². The second kappa shape index (κ2) is 22.9. The maximum atomic E-state index is 14.0. The number of benzene rings is 1. The number of unbranched alkanes of at least 4 members (excludes halogenated alkanes) is 1. The molecule has 1 fully saturated rings. The van der Waals surface area contributed by atoms with Gasteiger partial charge in [-0.1, -0.05) is 45.0 Å². The van der Waals surface area contributed by atoms with E-state index < -0.39 is 41.2 Å². The van der Waals surface area contributed by atoms with E-state index >= 15 is 0 Å². The summed E-state index contributed by atoms with van der Waals surface area (Å²) in [6.07, 6.45) is -0.145. The third-order valence-electron chi connectivity index (χ3n) is 8.96. The first-order valence-corrected chi connectivity index (χ1v) is 20.3. The van der Waals surface area contributed by atoms with Crippen molar-refractivity contribution in [3.8, 4) is 10.4 Å². The molecule has 5 N–H and O–H groups in total. The van der Waals surface area contributed by atoms with Crippen LogP contribution in [-0.4, -0.2) is 133 Å². The van der Waals surface area contributed by atoms with E-state index in [0.29, 0.717) is 65.5 Å². The lowest BCUT2D eigenvalue weighted by Crippen LogP contribution is -2.57. The van der Waals surface area contributed by atoms with Gasteiger partial charge < -0.3 is 50.2 Å². The number of nitrogens with two attached hydrogens (primary N) is 1. The Morgan fingerprint density at radius 1 is 0.964 bits per heavy atom. The molecular weight excluding hydrogens is 741 g/mol. The summed E-state index contributed by atoms with van der Waals surface area (Å²) >= 11 is 1.57. The van der Waals surface area contributed by atoms with Crippen molar-refractivity contribution in [1.29, 1.82) is 0 Å². The zero-order valence-electron chi connectivity index (χ0n) is 34.3. The van der Waals surface area contributed by atoms with Crippen molar-refractivity contribution < 1.29 is 43.2 Å². The first-order chi connectivity index (χ1) is 26.5. The zero-order chi connectivity index (χ0) is 41.3. The number of hydrogen-bond acceptors (Lipinski definition) is 12. The molecule has 4 amide bonds. The first kappa shape index (κ1) is 46.7. The molecule has 3 atom stereocenters. The minimum Gasteiger partial charge on any atom is -0.444 e. The number of aromatic nitrogens is 1. The number of nitrogens with one attached hydrogen (secondary N) is 2. The van der Waals surface area contributed by atoms with Crippen LogP contribution in [0.25, 0.3) is 10.4 Å². The van der Waals surface area contributed by atoms with Gasteiger partial charge >= 0.3 is 6.09 Å². The number of nitrogens with zero attached hydrogens (tertiary/aromatic N) is 3. The Bertz CT molecular complexity index is 1530. The van der Waals surface area contributed by atoms with Gasteiger partial charge in [-0.3, -0.25) is 14.4 Å². The van der Waals surface area contributed by atoms with Gasteiger partial charge in [0.05, 0.1) is 61.8 Å². The fourth-order valence-corrected chi connectivity index (χ4v) is 6.83. The fraction of sp³-hybridized carbons (Fsp3) is 0.675. The Balaban J connectivity index is 1.50. The average Bonchev–Trinajstić information content (AvgIpc) is 3.75. The summed E-state index contributed by atoms with van der Waals surface area (Å²) in [5.74, 6) is -1.11. The van der Waals surface area contributed by atoms with Crippen molar-refractivity contribution in [2.24, 2.45) is 11.1 Å². The summed E-state index contributed by atoms with van der Waals surface area (Å²) < 4.78 is 22.0. The topological polar surface area (TPSA) is 195 Å². The molecule has 2 heterocycles. The van der Waals surface area contributed by atoms with Crippen LogP contribution in [0.4, 0.5) is 4.79 Å². The Labute approximate surface area is 336 Å². The Morgan fingerprint density at radius 2 is 1.61 bits per heavy atom. The highest BCUT2D eigenvalue weighted by molar-refractivity contribution is 7.13. The lowest BCUT2D eigenvalue weighted by atomic mass is 9.85. The lowest BCUT2D eigenvalue weighted by molar-refractivity contribution is -0.144. The predicted molar refractivity (Wildman–Crippen MR) is 215 cm³/mol. The van der Waals surface area contributed by atoms with Crippen molar-refractivity contribution in [2.75, 3.05) is 65.8 Å². The van der Waals surface area contributed by atoms with Gasteiger partial charge in [0, 0.05) is 45.6 Å². The van der Waals surface area contributed by atoms with E-state index in [9.17, 15) is 24.3 Å². The number of aliphatic hydroxyl groups is 1.